The molecule has 1 aliphatic rings. The highest BCUT2D eigenvalue weighted by Gasteiger charge is 2.21. The van der Waals surface area contributed by atoms with Crippen molar-refractivity contribution in [1.82, 2.24) is 0 Å². The number of rotatable bonds is 3. The van der Waals surface area contributed by atoms with Gasteiger partial charge in [-0.2, -0.15) is 0 Å². The SMILES string of the molecule is NC(=O)c1cc(NC2Cc3ccc(Cl)cc3C2)ccc1F. The summed E-state index contributed by atoms with van der Waals surface area (Å²) >= 11 is 5.99. The lowest BCUT2D eigenvalue weighted by Gasteiger charge is -2.14. The molecule has 1 aliphatic carbocycles. The second-order valence-electron chi connectivity index (χ2n) is 5.22. The Morgan fingerprint density at radius 2 is 1.95 bits per heavy atom. The Labute approximate surface area is 126 Å². The van der Waals surface area contributed by atoms with Crippen LogP contribution in [0.3, 0.4) is 0 Å². The van der Waals surface area contributed by atoms with Gasteiger partial charge in [0.05, 0.1) is 5.56 Å². The number of hydrogen-bond acceptors (Lipinski definition) is 2. The highest BCUT2D eigenvalue weighted by atomic mass is 35.5. The predicted octanol–water partition coefficient (Wildman–Crippen LogP) is 3.16. The van der Waals surface area contributed by atoms with Crippen molar-refractivity contribution in [3.05, 3.63) is 63.9 Å². The molecule has 1 unspecified atom stereocenters. The van der Waals surface area contributed by atoms with Crippen LogP contribution in [0.2, 0.25) is 5.02 Å². The molecule has 3 N–H and O–H groups in total. The molecule has 5 heteroatoms. The summed E-state index contributed by atoms with van der Waals surface area (Å²) < 4.78 is 13.5. The normalized spacial score (nSPS) is 16.6. The third-order valence-electron chi connectivity index (χ3n) is 3.70. The Balaban J connectivity index is 1.77. The van der Waals surface area contributed by atoms with E-state index in [1.165, 1.54) is 23.3 Å². The highest BCUT2D eigenvalue weighted by Crippen LogP contribution is 2.27. The van der Waals surface area contributed by atoms with Gasteiger partial charge in [-0.3, -0.25) is 4.79 Å². The van der Waals surface area contributed by atoms with E-state index in [0.29, 0.717) is 5.69 Å². The van der Waals surface area contributed by atoms with Crippen LogP contribution in [0.15, 0.2) is 36.4 Å². The number of nitrogens with one attached hydrogen (secondary N) is 1. The van der Waals surface area contributed by atoms with Crippen LogP contribution < -0.4 is 11.1 Å². The lowest BCUT2D eigenvalue weighted by molar-refractivity contribution is 0.0996. The lowest BCUT2D eigenvalue weighted by Crippen LogP contribution is -2.20. The molecule has 3 nitrogen and oxygen atoms in total. The summed E-state index contributed by atoms with van der Waals surface area (Å²) in [6.45, 7) is 0. The summed E-state index contributed by atoms with van der Waals surface area (Å²) in [5.41, 5.74) is 8.22. The number of hydrogen-bond donors (Lipinski definition) is 2. The molecule has 0 aromatic heterocycles. The predicted molar refractivity (Wildman–Crippen MR) is 81.2 cm³/mol. The highest BCUT2D eigenvalue weighted by molar-refractivity contribution is 6.30. The first-order valence-corrected chi connectivity index (χ1v) is 7.04. The first kappa shape index (κ1) is 13.9. The number of benzene rings is 2. The smallest absolute Gasteiger partial charge is 0.251 e. The Hall–Kier alpha value is -2.07. The lowest BCUT2D eigenvalue weighted by atomic mass is 10.1. The fourth-order valence-electron chi connectivity index (χ4n) is 2.73. The van der Waals surface area contributed by atoms with Crippen molar-refractivity contribution < 1.29 is 9.18 Å². The van der Waals surface area contributed by atoms with Gasteiger partial charge in [0.1, 0.15) is 5.82 Å². The van der Waals surface area contributed by atoms with Gasteiger partial charge in [0, 0.05) is 16.8 Å². The Kier molecular flexibility index (Phi) is 3.55. The molecule has 0 radical (unpaired) electrons. The van der Waals surface area contributed by atoms with E-state index < -0.39 is 11.7 Å². The number of halogens is 2. The minimum atomic E-state index is -0.766. The topological polar surface area (TPSA) is 55.1 Å². The van der Waals surface area contributed by atoms with Gasteiger partial charge in [0.2, 0.25) is 0 Å². The largest absolute Gasteiger partial charge is 0.382 e. The van der Waals surface area contributed by atoms with Gasteiger partial charge in [-0.25, -0.2) is 4.39 Å². The van der Waals surface area contributed by atoms with Crippen LogP contribution in [0.5, 0.6) is 0 Å². The molecule has 0 bridgehead atoms. The second kappa shape index (κ2) is 5.37. The number of carbonyl (C=O) groups is 1. The van der Waals surface area contributed by atoms with Crippen molar-refractivity contribution in [2.75, 3.05) is 5.32 Å². The molecule has 1 amide bonds. The van der Waals surface area contributed by atoms with Crippen LogP contribution >= 0.6 is 11.6 Å². The summed E-state index contributed by atoms with van der Waals surface area (Å²) in [5, 5.41) is 4.04. The van der Waals surface area contributed by atoms with Gasteiger partial charge >= 0.3 is 0 Å². The van der Waals surface area contributed by atoms with Gasteiger partial charge in [-0.05, 0) is 54.3 Å². The number of fused-ring (bicyclic) bond motifs is 1. The Bertz CT molecular complexity index is 717. The van der Waals surface area contributed by atoms with E-state index in [9.17, 15) is 9.18 Å². The van der Waals surface area contributed by atoms with Gasteiger partial charge < -0.3 is 11.1 Å². The number of nitrogens with two attached hydrogens (primary N) is 1. The molecule has 21 heavy (non-hydrogen) atoms. The van der Waals surface area contributed by atoms with E-state index in [1.807, 2.05) is 18.2 Å². The first-order chi connectivity index (χ1) is 10.0. The molecule has 0 spiro atoms. The fraction of sp³-hybridized carbons (Fsp3) is 0.188. The molecular formula is C16H14ClFN2O. The van der Waals surface area contributed by atoms with Gasteiger partial charge in [0.25, 0.3) is 5.91 Å². The standard InChI is InChI=1S/C16H14ClFN2O/c17-11-2-1-9-6-13(7-10(9)5-11)20-12-3-4-15(18)14(8-12)16(19)21/h1-5,8,13,20H,6-7H2,(H2,19,21). The molecule has 0 fully saturated rings. The van der Waals surface area contributed by atoms with Gasteiger partial charge in [0.15, 0.2) is 0 Å². The number of amides is 1. The third kappa shape index (κ3) is 2.85. The quantitative estimate of drug-likeness (QED) is 0.915. The summed E-state index contributed by atoms with van der Waals surface area (Å²) in [7, 11) is 0. The van der Waals surface area contributed by atoms with Crippen molar-refractivity contribution in [3.63, 3.8) is 0 Å². The van der Waals surface area contributed by atoms with Crippen molar-refractivity contribution in [3.8, 4) is 0 Å². The van der Waals surface area contributed by atoms with Crippen LogP contribution in [0.4, 0.5) is 10.1 Å². The number of carbonyl (C=O) groups excluding carboxylic acids is 1. The fourth-order valence-corrected chi connectivity index (χ4v) is 2.92. The van der Waals surface area contributed by atoms with E-state index in [-0.39, 0.29) is 11.6 Å². The molecule has 0 saturated heterocycles. The van der Waals surface area contributed by atoms with Crippen LogP contribution in [0, 0.1) is 5.82 Å². The van der Waals surface area contributed by atoms with Crippen molar-refractivity contribution in [2.24, 2.45) is 5.73 Å². The van der Waals surface area contributed by atoms with E-state index in [2.05, 4.69) is 5.32 Å². The van der Waals surface area contributed by atoms with Gasteiger partial charge in [-0.1, -0.05) is 17.7 Å². The maximum absolute atomic E-state index is 13.5. The molecule has 0 aliphatic heterocycles. The van der Waals surface area contributed by atoms with E-state index >= 15 is 0 Å². The van der Waals surface area contributed by atoms with Crippen molar-refractivity contribution in [2.45, 2.75) is 18.9 Å². The molecular weight excluding hydrogens is 291 g/mol. The summed E-state index contributed by atoms with van der Waals surface area (Å²) in [5.74, 6) is -1.37. The van der Waals surface area contributed by atoms with E-state index in [1.54, 1.807) is 6.07 Å². The monoisotopic (exact) mass is 304 g/mol. The first-order valence-electron chi connectivity index (χ1n) is 6.66. The van der Waals surface area contributed by atoms with E-state index in [0.717, 1.165) is 17.9 Å². The number of primary amides is 1. The average molecular weight is 305 g/mol. The molecule has 2 aromatic carbocycles. The zero-order valence-electron chi connectivity index (χ0n) is 11.2. The molecule has 0 heterocycles. The van der Waals surface area contributed by atoms with E-state index in [4.69, 9.17) is 17.3 Å². The summed E-state index contributed by atoms with van der Waals surface area (Å²) in [6.07, 6.45) is 1.72. The second-order valence-corrected chi connectivity index (χ2v) is 5.66. The van der Waals surface area contributed by atoms with Crippen molar-refractivity contribution in [1.29, 1.82) is 0 Å². The maximum Gasteiger partial charge on any atom is 0.251 e. The minimum Gasteiger partial charge on any atom is -0.382 e. The number of anilines is 1. The van der Waals surface area contributed by atoms with Crippen LogP contribution in [0.25, 0.3) is 0 Å². The Morgan fingerprint density at radius 1 is 1.19 bits per heavy atom. The van der Waals surface area contributed by atoms with Crippen LogP contribution in [-0.2, 0) is 12.8 Å². The Morgan fingerprint density at radius 3 is 2.71 bits per heavy atom. The van der Waals surface area contributed by atoms with Gasteiger partial charge in [-0.15, -0.1) is 0 Å². The minimum absolute atomic E-state index is 0.0986. The maximum atomic E-state index is 13.5. The van der Waals surface area contributed by atoms with Crippen LogP contribution in [0.1, 0.15) is 21.5 Å². The van der Waals surface area contributed by atoms with Crippen LogP contribution in [-0.4, -0.2) is 11.9 Å². The molecule has 108 valence electrons. The zero-order chi connectivity index (χ0) is 15.0. The molecule has 3 rings (SSSR count). The molecule has 2 aromatic rings. The average Bonchev–Trinajstić information content (AvgIpc) is 2.82. The molecule has 1 atom stereocenters. The summed E-state index contributed by atoms with van der Waals surface area (Å²) in [6, 6.07) is 10.4. The molecule has 0 saturated carbocycles. The van der Waals surface area contributed by atoms with Crippen molar-refractivity contribution >= 4 is 23.2 Å². The third-order valence-corrected chi connectivity index (χ3v) is 3.94. The zero-order valence-corrected chi connectivity index (χ0v) is 12.0. The summed E-state index contributed by atoms with van der Waals surface area (Å²) in [4.78, 5) is 11.2.